The standard InChI is InChI=1S/C15H22ClNO/c1-3-11(2)13-4-5-15(14(16)8-13)18-10-12-6-7-17-9-12/h4-5,8,11-12,17H,3,6-7,9-10H2,1-2H3/t11-,12-/m1/s1. The van der Waals surface area contributed by atoms with Crippen LogP contribution in [0.2, 0.25) is 5.02 Å². The van der Waals surface area contributed by atoms with Gasteiger partial charge in [0.25, 0.3) is 0 Å². The van der Waals surface area contributed by atoms with Gasteiger partial charge in [0.05, 0.1) is 11.6 Å². The smallest absolute Gasteiger partial charge is 0.137 e. The van der Waals surface area contributed by atoms with Crippen LogP contribution >= 0.6 is 11.6 Å². The summed E-state index contributed by atoms with van der Waals surface area (Å²) in [5.41, 5.74) is 1.29. The highest BCUT2D eigenvalue weighted by atomic mass is 35.5. The highest BCUT2D eigenvalue weighted by Gasteiger charge is 2.16. The van der Waals surface area contributed by atoms with E-state index in [1.54, 1.807) is 0 Å². The Labute approximate surface area is 115 Å². The maximum Gasteiger partial charge on any atom is 0.137 e. The lowest BCUT2D eigenvalue weighted by Gasteiger charge is -2.14. The molecule has 2 atom stereocenters. The lowest BCUT2D eigenvalue weighted by molar-refractivity contribution is 0.260. The molecule has 0 aromatic heterocycles. The highest BCUT2D eigenvalue weighted by Crippen LogP contribution is 2.30. The summed E-state index contributed by atoms with van der Waals surface area (Å²) in [5.74, 6) is 1.99. The molecule has 0 unspecified atom stereocenters. The quantitative estimate of drug-likeness (QED) is 0.875. The van der Waals surface area contributed by atoms with Gasteiger partial charge in [0.2, 0.25) is 0 Å². The topological polar surface area (TPSA) is 21.3 Å². The summed E-state index contributed by atoms with van der Waals surface area (Å²) in [4.78, 5) is 0. The number of halogens is 1. The molecule has 1 aliphatic rings. The van der Waals surface area contributed by atoms with E-state index >= 15 is 0 Å². The number of benzene rings is 1. The Morgan fingerprint density at radius 3 is 2.94 bits per heavy atom. The van der Waals surface area contributed by atoms with Crippen LogP contribution < -0.4 is 10.1 Å². The molecule has 1 fully saturated rings. The van der Waals surface area contributed by atoms with Gasteiger partial charge in [-0.25, -0.2) is 0 Å². The van der Waals surface area contributed by atoms with Crippen LogP contribution in [0.3, 0.4) is 0 Å². The van der Waals surface area contributed by atoms with Crippen LogP contribution in [0.4, 0.5) is 0 Å². The summed E-state index contributed by atoms with van der Waals surface area (Å²) >= 11 is 6.28. The summed E-state index contributed by atoms with van der Waals surface area (Å²) in [6.07, 6.45) is 2.33. The predicted molar refractivity (Wildman–Crippen MR) is 76.6 cm³/mol. The van der Waals surface area contributed by atoms with E-state index in [0.29, 0.717) is 11.8 Å². The molecule has 3 heteroatoms. The summed E-state index contributed by atoms with van der Waals surface area (Å²) in [5, 5.41) is 4.08. The Morgan fingerprint density at radius 1 is 1.50 bits per heavy atom. The van der Waals surface area contributed by atoms with Crippen molar-refractivity contribution in [2.24, 2.45) is 5.92 Å². The number of hydrogen-bond donors (Lipinski definition) is 1. The van der Waals surface area contributed by atoms with Gasteiger partial charge >= 0.3 is 0 Å². The predicted octanol–water partition coefficient (Wildman–Crippen LogP) is 3.84. The van der Waals surface area contributed by atoms with Crippen molar-refractivity contribution in [3.8, 4) is 5.75 Å². The third-order valence-corrected chi connectivity index (χ3v) is 4.07. The zero-order chi connectivity index (χ0) is 13.0. The van der Waals surface area contributed by atoms with Crippen molar-refractivity contribution < 1.29 is 4.74 Å². The normalized spacial score (nSPS) is 20.9. The van der Waals surface area contributed by atoms with E-state index in [9.17, 15) is 0 Å². The van der Waals surface area contributed by atoms with Crippen LogP contribution in [0.15, 0.2) is 18.2 Å². The van der Waals surface area contributed by atoms with Gasteiger partial charge in [-0.15, -0.1) is 0 Å². The van der Waals surface area contributed by atoms with E-state index in [1.165, 1.54) is 12.0 Å². The number of ether oxygens (including phenoxy) is 1. The second kappa shape index (κ2) is 6.44. The number of rotatable bonds is 5. The average Bonchev–Trinajstić information content (AvgIpc) is 2.89. The zero-order valence-corrected chi connectivity index (χ0v) is 12.0. The van der Waals surface area contributed by atoms with Crippen molar-refractivity contribution in [1.82, 2.24) is 5.32 Å². The molecule has 0 amide bonds. The minimum atomic E-state index is 0.551. The van der Waals surface area contributed by atoms with Gasteiger partial charge in [0, 0.05) is 12.5 Å². The summed E-state index contributed by atoms with van der Waals surface area (Å²) < 4.78 is 5.82. The van der Waals surface area contributed by atoms with Crippen LogP contribution in [-0.2, 0) is 0 Å². The van der Waals surface area contributed by atoms with Gasteiger partial charge in [0.15, 0.2) is 0 Å². The third kappa shape index (κ3) is 3.39. The average molecular weight is 268 g/mol. The monoisotopic (exact) mass is 267 g/mol. The first-order valence-electron chi connectivity index (χ1n) is 6.83. The molecule has 1 N–H and O–H groups in total. The maximum absolute atomic E-state index is 6.28. The van der Waals surface area contributed by atoms with Gasteiger partial charge in [-0.05, 0) is 43.0 Å². The Bertz CT molecular complexity index is 388. The van der Waals surface area contributed by atoms with Gasteiger partial charge in [0.1, 0.15) is 5.75 Å². The summed E-state index contributed by atoms with van der Waals surface area (Å²) in [6.45, 7) is 7.33. The van der Waals surface area contributed by atoms with Crippen molar-refractivity contribution in [2.75, 3.05) is 19.7 Å². The van der Waals surface area contributed by atoms with Crippen LogP contribution in [0.5, 0.6) is 5.75 Å². The first-order chi connectivity index (χ1) is 8.70. The molecule has 0 aliphatic carbocycles. The van der Waals surface area contributed by atoms with E-state index in [-0.39, 0.29) is 0 Å². The van der Waals surface area contributed by atoms with E-state index < -0.39 is 0 Å². The molecule has 1 aromatic rings. The maximum atomic E-state index is 6.28. The molecule has 2 nitrogen and oxygen atoms in total. The Balaban J connectivity index is 1.96. The molecule has 100 valence electrons. The molecular weight excluding hydrogens is 246 g/mol. The largest absolute Gasteiger partial charge is 0.492 e. The first kappa shape index (κ1) is 13.7. The number of hydrogen-bond acceptors (Lipinski definition) is 2. The molecule has 0 radical (unpaired) electrons. The first-order valence-corrected chi connectivity index (χ1v) is 7.21. The lowest BCUT2D eigenvalue weighted by Crippen LogP contribution is -2.15. The fraction of sp³-hybridized carbons (Fsp3) is 0.600. The molecule has 1 aliphatic heterocycles. The molecule has 0 bridgehead atoms. The molecule has 1 heterocycles. The Morgan fingerprint density at radius 2 is 2.33 bits per heavy atom. The zero-order valence-electron chi connectivity index (χ0n) is 11.2. The molecule has 0 spiro atoms. The SMILES string of the molecule is CC[C@@H](C)c1ccc(OC[C@@H]2CCNC2)c(Cl)c1. The highest BCUT2D eigenvalue weighted by molar-refractivity contribution is 6.32. The van der Waals surface area contributed by atoms with Crippen molar-refractivity contribution in [2.45, 2.75) is 32.6 Å². The van der Waals surface area contributed by atoms with Gasteiger partial charge < -0.3 is 10.1 Å². The van der Waals surface area contributed by atoms with Crippen molar-refractivity contribution >= 4 is 11.6 Å². The molecule has 1 aromatic carbocycles. The molecule has 18 heavy (non-hydrogen) atoms. The van der Waals surface area contributed by atoms with Gasteiger partial charge in [-0.3, -0.25) is 0 Å². The van der Waals surface area contributed by atoms with Crippen LogP contribution in [0.25, 0.3) is 0 Å². The van der Waals surface area contributed by atoms with Crippen LogP contribution in [-0.4, -0.2) is 19.7 Å². The molecular formula is C15H22ClNO. The van der Waals surface area contributed by atoms with Crippen LogP contribution in [0, 0.1) is 5.92 Å². The Kier molecular flexibility index (Phi) is 4.90. The Hall–Kier alpha value is -0.730. The minimum absolute atomic E-state index is 0.551. The van der Waals surface area contributed by atoms with Crippen molar-refractivity contribution in [3.05, 3.63) is 28.8 Å². The molecule has 2 rings (SSSR count). The fourth-order valence-corrected chi connectivity index (χ4v) is 2.48. The van der Waals surface area contributed by atoms with Crippen molar-refractivity contribution in [3.63, 3.8) is 0 Å². The van der Waals surface area contributed by atoms with Crippen molar-refractivity contribution in [1.29, 1.82) is 0 Å². The molecule has 1 saturated heterocycles. The second-order valence-corrected chi connectivity index (χ2v) is 5.58. The van der Waals surface area contributed by atoms with E-state index in [1.807, 2.05) is 12.1 Å². The molecule has 0 saturated carbocycles. The number of nitrogens with one attached hydrogen (secondary N) is 1. The lowest BCUT2D eigenvalue weighted by atomic mass is 9.99. The van der Waals surface area contributed by atoms with Crippen LogP contribution in [0.1, 0.15) is 38.2 Å². The summed E-state index contributed by atoms with van der Waals surface area (Å²) in [7, 11) is 0. The van der Waals surface area contributed by atoms with E-state index in [0.717, 1.165) is 36.9 Å². The van der Waals surface area contributed by atoms with E-state index in [2.05, 4.69) is 25.2 Å². The van der Waals surface area contributed by atoms with Gasteiger partial charge in [-0.1, -0.05) is 31.5 Å². The van der Waals surface area contributed by atoms with E-state index in [4.69, 9.17) is 16.3 Å². The minimum Gasteiger partial charge on any atom is -0.492 e. The summed E-state index contributed by atoms with van der Waals surface area (Å²) in [6, 6.07) is 6.17. The van der Waals surface area contributed by atoms with Gasteiger partial charge in [-0.2, -0.15) is 0 Å². The second-order valence-electron chi connectivity index (χ2n) is 5.17. The fourth-order valence-electron chi connectivity index (χ4n) is 2.24. The third-order valence-electron chi connectivity index (χ3n) is 3.77.